The lowest BCUT2D eigenvalue weighted by atomic mass is 10.2. The van der Waals surface area contributed by atoms with E-state index < -0.39 is 12.1 Å². The number of para-hydroxylation sites is 1. The van der Waals surface area contributed by atoms with Crippen molar-refractivity contribution >= 4 is 11.9 Å². The molecule has 5 nitrogen and oxygen atoms in total. The summed E-state index contributed by atoms with van der Waals surface area (Å²) in [6.45, 7) is 1.95. The Morgan fingerprint density at radius 2 is 2.00 bits per heavy atom. The second-order valence-corrected chi connectivity index (χ2v) is 3.76. The molecule has 0 saturated carbocycles. The Hall–Kier alpha value is -2.04. The summed E-state index contributed by atoms with van der Waals surface area (Å²) in [5.74, 6) is -0.604. The number of carbonyl (C=O) groups is 2. The van der Waals surface area contributed by atoms with Gasteiger partial charge >= 0.3 is 5.97 Å². The van der Waals surface area contributed by atoms with E-state index in [0.717, 1.165) is 0 Å². The zero-order valence-corrected chi connectivity index (χ0v) is 10.3. The molecular weight excluding hydrogens is 234 g/mol. The first kappa shape index (κ1) is 14.0. The summed E-state index contributed by atoms with van der Waals surface area (Å²) >= 11 is 0. The number of hydrogen-bond donors (Lipinski definition) is 2. The smallest absolute Gasteiger partial charge is 0.305 e. The molecule has 0 aliphatic heterocycles. The lowest BCUT2D eigenvalue weighted by molar-refractivity contribution is -0.137. The molecule has 1 unspecified atom stereocenters. The monoisotopic (exact) mass is 251 g/mol. The van der Waals surface area contributed by atoms with Gasteiger partial charge in [0.25, 0.3) is 5.91 Å². The van der Waals surface area contributed by atoms with Crippen LogP contribution in [-0.4, -0.2) is 29.6 Å². The molecule has 0 aliphatic rings. The highest BCUT2D eigenvalue weighted by Gasteiger charge is 2.17. The summed E-state index contributed by atoms with van der Waals surface area (Å²) in [5, 5.41) is 11.0. The number of amides is 1. The standard InChI is InChI=1S/C13H17NO4/c1-2-11(13(17)14-9-8-12(15)16)18-10-6-4-3-5-7-10/h3-7,11H,2,8-9H2,1H3,(H,14,17)(H,15,16). The summed E-state index contributed by atoms with van der Waals surface area (Å²) in [7, 11) is 0. The maximum Gasteiger partial charge on any atom is 0.305 e. The molecule has 0 aliphatic carbocycles. The van der Waals surface area contributed by atoms with Crippen LogP contribution in [-0.2, 0) is 9.59 Å². The Balaban J connectivity index is 2.45. The quantitative estimate of drug-likeness (QED) is 0.768. The van der Waals surface area contributed by atoms with Crippen LogP contribution in [0.25, 0.3) is 0 Å². The van der Waals surface area contributed by atoms with Gasteiger partial charge in [-0.2, -0.15) is 0 Å². The lowest BCUT2D eigenvalue weighted by Gasteiger charge is -2.16. The van der Waals surface area contributed by atoms with Gasteiger partial charge < -0.3 is 15.2 Å². The van der Waals surface area contributed by atoms with Gasteiger partial charge in [0.2, 0.25) is 0 Å². The van der Waals surface area contributed by atoms with Crippen LogP contribution in [0.2, 0.25) is 0 Å². The number of carbonyl (C=O) groups excluding carboxylic acids is 1. The topological polar surface area (TPSA) is 75.6 Å². The molecule has 0 aromatic heterocycles. The highest BCUT2D eigenvalue weighted by atomic mass is 16.5. The minimum Gasteiger partial charge on any atom is -0.481 e. The highest BCUT2D eigenvalue weighted by molar-refractivity contribution is 5.81. The van der Waals surface area contributed by atoms with Crippen LogP contribution in [0.5, 0.6) is 5.75 Å². The van der Waals surface area contributed by atoms with Crippen LogP contribution in [0.1, 0.15) is 19.8 Å². The zero-order chi connectivity index (χ0) is 13.4. The number of hydrogen-bond acceptors (Lipinski definition) is 3. The predicted molar refractivity (Wildman–Crippen MR) is 66.4 cm³/mol. The third-order valence-corrected chi connectivity index (χ3v) is 2.32. The first-order valence-corrected chi connectivity index (χ1v) is 5.84. The second-order valence-electron chi connectivity index (χ2n) is 3.76. The fourth-order valence-corrected chi connectivity index (χ4v) is 1.39. The van der Waals surface area contributed by atoms with E-state index in [9.17, 15) is 9.59 Å². The van der Waals surface area contributed by atoms with E-state index in [-0.39, 0.29) is 18.9 Å². The first-order chi connectivity index (χ1) is 8.63. The maximum atomic E-state index is 11.7. The van der Waals surface area contributed by atoms with Crippen molar-refractivity contribution in [3.63, 3.8) is 0 Å². The van der Waals surface area contributed by atoms with Gasteiger partial charge in [0, 0.05) is 6.54 Å². The van der Waals surface area contributed by atoms with E-state index in [1.54, 1.807) is 12.1 Å². The van der Waals surface area contributed by atoms with Crippen molar-refractivity contribution < 1.29 is 19.4 Å². The summed E-state index contributed by atoms with van der Waals surface area (Å²) in [6, 6.07) is 9.05. The first-order valence-electron chi connectivity index (χ1n) is 5.84. The van der Waals surface area contributed by atoms with Crippen molar-refractivity contribution in [1.29, 1.82) is 0 Å². The summed E-state index contributed by atoms with van der Waals surface area (Å²) < 4.78 is 5.52. The highest BCUT2D eigenvalue weighted by Crippen LogP contribution is 2.12. The minimum absolute atomic E-state index is 0.0898. The van der Waals surface area contributed by atoms with Gasteiger partial charge in [-0.15, -0.1) is 0 Å². The van der Waals surface area contributed by atoms with Crippen molar-refractivity contribution in [2.24, 2.45) is 0 Å². The maximum absolute atomic E-state index is 11.7. The lowest BCUT2D eigenvalue weighted by Crippen LogP contribution is -2.38. The number of carboxylic acid groups (broad SMARTS) is 1. The van der Waals surface area contributed by atoms with Gasteiger partial charge in [-0.3, -0.25) is 9.59 Å². The van der Waals surface area contributed by atoms with Crippen LogP contribution in [0, 0.1) is 0 Å². The third kappa shape index (κ3) is 4.86. The SMILES string of the molecule is CCC(Oc1ccccc1)C(=O)NCCC(=O)O. The Bertz CT molecular complexity index is 391. The number of nitrogens with one attached hydrogen (secondary N) is 1. The van der Waals surface area contributed by atoms with Crippen LogP contribution >= 0.6 is 0 Å². The Kier molecular flexibility index (Phi) is 5.70. The molecule has 0 radical (unpaired) electrons. The zero-order valence-electron chi connectivity index (χ0n) is 10.3. The van der Waals surface area contributed by atoms with Gasteiger partial charge in [-0.05, 0) is 18.6 Å². The van der Waals surface area contributed by atoms with Crippen molar-refractivity contribution in [2.75, 3.05) is 6.54 Å². The van der Waals surface area contributed by atoms with Gasteiger partial charge in [0.15, 0.2) is 6.10 Å². The average Bonchev–Trinajstić information content (AvgIpc) is 2.36. The van der Waals surface area contributed by atoms with Crippen molar-refractivity contribution in [3.8, 4) is 5.75 Å². The Morgan fingerprint density at radius 3 is 2.56 bits per heavy atom. The van der Waals surface area contributed by atoms with E-state index in [0.29, 0.717) is 12.2 Å². The molecule has 0 bridgehead atoms. The second kappa shape index (κ2) is 7.32. The molecule has 1 amide bonds. The van der Waals surface area contributed by atoms with Gasteiger partial charge in [-0.25, -0.2) is 0 Å². The molecule has 0 saturated heterocycles. The number of aliphatic carboxylic acids is 1. The molecule has 0 spiro atoms. The normalized spacial score (nSPS) is 11.6. The summed E-state index contributed by atoms with van der Waals surface area (Å²) in [6.07, 6.45) is -0.164. The molecule has 1 aromatic rings. The molecule has 5 heteroatoms. The van der Waals surface area contributed by atoms with Crippen LogP contribution < -0.4 is 10.1 Å². The molecule has 1 rings (SSSR count). The molecule has 2 N–H and O–H groups in total. The van der Waals surface area contributed by atoms with E-state index >= 15 is 0 Å². The van der Waals surface area contributed by atoms with Gasteiger partial charge in [0.05, 0.1) is 6.42 Å². The number of carboxylic acids is 1. The van der Waals surface area contributed by atoms with Crippen molar-refractivity contribution in [2.45, 2.75) is 25.9 Å². The van der Waals surface area contributed by atoms with E-state index in [1.807, 2.05) is 25.1 Å². The summed E-state index contributed by atoms with van der Waals surface area (Å²) in [4.78, 5) is 22.1. The minimum atomic E-state index is -0.938. The third-order valence-electron chi connectivity index (χ3n) is 2.32. The predicted octanol–water partition coefficient (Wildman–Crippen LogP) is 1.43. The average molecular weight is 251 g/mol. The number of rotatable bonds is 7. The van der Waals surface area contributed by atoms with Crippen molar-refractivity contribution in [1.82, 2.24) is 5.32 Å². The number of benzene rings is 1. The van der Waals surface area contributed by atoms with Gasteiger partial charge in [0.1, 0.15) is 5.75 Å². The van der Waals surface area contributed by atoms with E-state index in [1.165, 1.54) is 0 Å². The number of ether oxygens (including phenoxy) is 1. The molecule has 1 aromatic carbocycles. The van der Waals surface area contributed by atoms with E-state index in [4.69, 9.17) is 9.84 Å². The molecule has 0 heterocycles. The van der Waals surface area contributed by atoms with Crippen LogP contribution in [0.15, 0.2) is 30.3 Å². The molecule has 0 fully saturated rings. The van der Waals surface area contributed by atoms with Crippen molar-refractivity contribution in [3.05, 3.63) is 30.3 Å². The molecular formula is C13H17NO4. The van der Waals surface area contributed by atoms with Gasteiger partial charge in [-0.1, -0.05) is 25.1 Å². The largest absolute Gasteiger partial charge is 0.481 e. The molecule has 98 valence electrons. The van der Waals surface area contributed by atoms with E-state index in [2.05, 4.69) is 5.32 Å². The Labute approximate surface area is 106 Å². The fraction of sp³-hybridized carbons (Fsp3) is 0.385. The molecule has 18 heavy (non-hydrogen) atoms. The van der Waals surface area contributed by atoms with Crippen LogP contribution in [0.4, 0.5) is 0 Å². The Morgan fingerprint density at radius 1 is 1.33 bits per heavy atom. The van der Waals surface area contributed by atoms with Crippen LogP contribution in [0.3, 0.4) is 0 Å². The molecule has 1 atom stereocenters. The fourth-order valence-electron chi connectivity index (χ4n) is 1.39. The summed E-state index contributed by atoms with van der Waals surface area (Å²) in [5.41, 5.74) is 0.